The van der Waals surface area contributed by atoms with Crippen LogP contribution in [0.3, 0.4) is 0 Å². The Bertz CT molecular complexity index is 484. The van der Waals surface area contributed by atoms with Crippen molar-refractivity contribution in [3.63, 3.8) is 0 Å². The quantitative estimate of drug-likeness (QED) is 0.701. The van der Waals surface area contributed by atoms with E-state index in [-0.39, 0.29) is 24.6 Å². The molecule has 0 saturated heterocycles. The predicted octanol–water partition coefficient (Wildman–Crippen LogP) is 1.25. The average molecular weight is 341 g/mol. The summed E-state index contributed by atoms with van der Waals surface area (Å²) in [5.74, 6) is -0.679. The number of alkyl halides is 1. The third kappa shape index (κ3) is 3.98. The van der Waals surface area contributed by atoms with Crippen LogP contribution in [0.5, 0.6) is 0 Å². The van der Waals surface area contributed by atoms with Gasteiger partial charge < -0.3 is 4.74 Å². The number of ether oxygens (including phenoxy) is 1. The summed E-state index contributed by atoms with van der Waals surface area (Å²) in [7, 11) is -2.25. The van der Waals surface area contributed by atoms with Crippen LogP contribution < -0.4 is 0 Å². The SMILES string of the molecule is COCCN(CCBr)S(=O)(=O)c1cncc(F)c1. The first-order valence-corrected chi connectivity index (χ1v) is 7.74. The van der Waals surface area contributed by atoms with Crippen LogP contribution in [0.15, 0.2) is 23.4 Å². The van der Waals surface area contributed by atoms with Gasteiger partial charge in [0.2, 0.25) is 10.0 Å². The summed E-state index contributed by atoms with van der Waals surface area (Å²) in [5, 5.41) is 0.485. The smallest absolute Gasteiger partial charge is 0.244 e. The molecule has 1 aromatic heterocycles. The van der Waals surface area contributed by atoms with E-state index < -0.39 is 15.8 Å². The van der Waals surface area contributed by atoms with Gasteiger partial charge in [0.1, 0.15) is 10.7 Å². The molecule has 1 aromatic rings. The molecule has 18 heavy (non-hydrogen) atoms. The normalized spacial score (nSPS) is 12.0. The summed E-state index contributed by atoms with van der Waals surface area (Å²) in [6.45, 7) is 0.762. The van der Waals surface area contributed by atoms with Crippen LogP contribution in [-0.2, 0) is 14.8 Å². The fourth-order valence-corrected chi connectivity index (χ4v) is 3.39. The van der Waals surface area contributed by atoms with E-state index in [1.165, 1.54) is 11.4 Å². The van der Waals surface area contributed by atoms with Gasteiger partial charge in [-0.05, 0) is 6.07 Å². The highest BCUT2D eigenvalue weighted by molar-refractivity contribution is 9.09. The fraction of sp³-hybridized carbons (Fsp3) is 0.500. The van der Waals surface area contributed by atoms with Crippen molar-refractivity contribution in [1.29, 1.82) is 0 Å². The Balaban J connectivity index is 3.00. The van der Waals surface area contributed by atoms with E-state index in [1.54, 1.807) is 0 Å². The van der Waals surface area contributed by atoms with Crippen LogP contribution in [0.4, 0.5) is 4.39 Å². The van der Waals surface area contributed by atoms with E-state index in [2.05, 4.69) is 20.9 Å². The van der Waals surface area contributed by atoms with E-state index in [4.69, 9.17) is 4.74 Å². The first kappa shape index (κ1) is 15.5. The van der Waals surface area contributed by atoms with Gasteiger partial charge in [-0.1, -0.05) is 15.9 Å². The second-order valence-corrected chi connectivity index (χ2v) is 6.16. The van der Waals surface area contributed by atoms with Crippen molar-refractivity contribution >= 4 is 26.0 Å². The molecule has 0 spiro atoms. The van der Waals surface area contributed by atoms with Gasteiger partial charge in [-0.2, -0.15) is 4.31 Å². The van der Waals surface area contributed by atoms with Crippen LogP contribution in [0.2, 0.25) is 0 Å². The Morgan fingerprint density at radius 2 is 2.17 bits per heavy atom. The van der Waals surface area contributed by atoms with E-state index >= 15 is 0 Å². The van der Waals surface area contributed by atoms with Crippen molar-refractivity contribution in [2.24, 2.45) is 0 Å². The number of sulfonamides is 1. The molecule has 0 unspecified atom stereocenters. The van der Waals surface area contributed by atoms with Gasteiger partial charge in [0, 0.05) is 31.7 Å². The summed E-state index contributed by atoms with van der Waals surface area (Å²) in [4.78, 5) is 3.40. The number of nitrogens with zero attached hydrogens (tertiary/aromatic N) is 2. The van der Waals surface area contributed by atoms with Crippen molar-refractivity contribution in [3.8, 4) is 0 Å². The van der Waals surface area contributed by atoms with Crippen LogP contribution >= 0.6 is 15.9 Å². The van der Waals surface area contributed by atoms with Crippen LogP contribution in [-0.4, -0.2) is 49.8 Å². The first-order chi connectivity index (χ1) is 8.52. The van der Waals surface area contributed by atoms with Crippen molar-refractivity contribution in [1.82, 2.24) is 9.29 Å². The summed E-state index contributed by atoms with van der Waals surface area (Å²) in [6.07, 6.45) is 2.09. The molecule has 0 N–H and O–H groups in total. The minimum absolute atomic E-state index is 0.153. The van der Waals surface area contributed by atoms with Gasteiger partial charge in [0.25, 0.3) is 0 Å². The third-order valence-electron chi connectivity index (χ3n) is 2.20. The molecule has 0 amide bonds. The summed E-state index contributed by atoms with van der Waals surface area (Å²) < 4.78 is 43.6. The summed E-state index contributed by atoms with van der Waals surface area (Å²) in [5.41, 5.74) is 0. The molecular formula is C10H14BrFN2O3S. The van der Waals surface area contributed by atoms with Crippen molar-refractivity contribution in [3.05, 3.63) is 24.3 Å². The van der Waals surface area contributed by atoms with Gasteiger partial charge >= 0.3 is 0 Å². The van der Waals surface area contributed by atoms with E-state index in [0.717, 1.165) is 18.5 Å². The van der Waals surface area contributed by atoms with Crippen LogP contribution in [0, 0.1) is 5.82 Å². The largest absolute Gasteiger partial charge is 0.383 e. The fourth-order valence-electron chi connectivity index (χ4n) is 1.32. The van der Waals surface area contributed by atoms with E-state index in [0.29, 0.717) is 5.33 Å². The maximum Gasteiger partial charge on any atom is 0.244 e. The molecule has 0 aromatic carbocycles. The molecule has 5 nitrogen and oxygen atoms in total. The lowest BCUT2D eigenvalue weighted by atomic mass is 10.5. The molecule has 0 aliphatic carbocycles. The number of pyridine rings is 1. The topological polar surface area (TPSA) is 59.5 Å². The molecule has 0 radical (unpaired) electrons. The summed E-state index contributed by atoms with van der Waals surface area (Å²) in [6, 6.07) is 0.955. The number of hydrogen-bond donors (Lipinski definition) is 0. The summed E-state index contributed by atoms with van der Waals surface area (Å²) >= 11 is 3.18. The number of methoxy groups -OCH3 is 1. The molecule has 0 atom stereocenters. The number of rotatable bonds is 7. The zero-order valence-corrected chi connectivity index (χ0v) is 12.2. The average Bonchev–Trinajstić information content (AvgIpc) is 2.34. The number of halogens is 2. The second-order valence-electron chi connectivity index (χ2n) is 3.42. The first-order valence-electron chi connectivity index (χ1n) is 5.18. The second kappa shape index (κ2) is 7.13. The Morgan fingerprint density at radius 1 is 1.44 bits per heavy atom. The molecule has 0 saturated carbocycles. The lowest BCUT2D eigenvalue weighted by molar-refractivity contribution is 0.180. The number of hydrogen-bond acceptors (Lipinski definition) is 4. The van der Waals surface area contributed by atoms with Crippen LogP contribution in [0.1, 0.15) is 0 Å². The highest BCUT2D eigenvalue weighted by Crippen LogP contribution is 2.15. The monoisotopic (exact) mass is 340 g/mol. The standard InChI is InChI=1S/C10H14BrFN2O3S/c1-17-5-4-14(3-2-11)18(15,16)10-6-9(12)7-13-8-10/h6-8H,2-5H2,1H3. The molecule has 0 bridgehead atoms. The molecule has 8 heteroatoms. The third-order valence-corrected chi connectivity index (χ3v) is 4.41. The van der Waals surface area contributed by atoms with Gasteiger partial charge in [-0.15, -0.1) is 0 Å². The van der Waals surface area contributed by atoms with Gasteiger partial charge in [-0.25, -0.2) is 12.8 Å². The molecule has 102 valence electrons. The molecule has 1 rings (SSSR count). The minimum atomic E-state index is -3.74. The molecule has 0 aliphatic rings. The Kier molecular flexibility index (Phi) is 6.13. The Hall–Kier alpha value is -0.570. The van der Waals surface area contributed by atoms with Crippen molar-refractivity contribution in [2.75, 3.05) is 32.1 Å². The van der Waals surface area contributed by atoms with Crippen molar-refractivity contribution < 1.29 is 17.5 Å². The van der Waals surface area contributed by atoms with Gasteiger partial charge in [0.15, 0.2) is 0 Å². The van der Waals surface area contributed by atoms with E-state index in [1.807, 2.05) is 0 Å². The van der Waals surface area contributed by atoms with Gasteiger partial charge in [0.05, 0.1) is 12.8 Å². The number of aromatic nitrogens is 1. The molecule has 0 aliphatic heterocycles. The predicted molar refractivity (Wildman–Crippen MR) is 68.6 cm³/mol. The zero-order chi connectivity index (χ0) is 13.6. The Labute approximate surface area is 114 Å². The maximum atomic E-state index is 13.0. The minimum Gasteiger partial charge on any atom is -0.383 e. The lowest BCUT2D eigenvalue weighted by Crippen LogP contribution is -2.35. The lowest BCUT2D eigenvalue weighted by Gasteiger charge is -2.20. The molecule has 1 heterocycles. The van der Waals surface area contributed by atoms with Crippen molar-refractivity contribution in [2.45, 2.75) is 4.90 Å². The zero-order valence-electron chi connectivity index (χ0n) is 9.84. The highest BCUT2D eigenvalue weighted by Gasteiger charge is 2.24. The Morgan fingerprint density at radius 3 is 2.72 bits per heavy atom. The molecule has 0 fully saturated rings. The van der Waals surface area contributed by atoms with Crippen LogP contribution in [0.25, 0.3) is 0 Å². The van der Waals surface area contributed by atoms with Gasteiger partial charge in [-0.3, -0.25) is 4.98 Å². The van der Waals surface area contributed by atoms with E-state index in [9.17, 15) is 12.8 Å². The molecular weight excluding hydrogens is 327 g/mol. The highest BCUT2D eigenvalue weighted by atomic mass is 79.9. The maximum absolute atomic E-state index is 13.0.